The molecule has 0 saturated heterocycles. The van der Waals surface area contributed by atoms with E-state index in [-0.39, 0.29) is 17.1 Å². The van der Waals surface area contributed by atoms with Crippen molar-refractivity contribution in [2.24, 2.45) is 0 Å². The number of rotatable bonds is 0. The van der Waals surface area contributed by atoms with Gasteiger partial charge in [0.1, 0.15) is 0 Å². The fraction of sp³-hybridized carbons (Fsp3) is 0. The Morgan fingerprint density at radius 2 is 1.75 bits per heavy atom. The molecule has 26 valence electrons. The molecule has 0 nitrogen and oxygen atoms in total. The predicted molar refractivity (Wildman–Crippen MR) is 12.9 cm³/mol. The van der Waals surface area contributed by atoms with Gasteiger partial charge in [-0.05, 0) is 0 Å². The van der Waals surface area contributed by atoms with Crippen LogP contribution in [0.2, 0.25) is 0 Å². The SMILES string of the molecule is [Mn].[SeH][Se][Mo]. The van der Waals surface area contributed by atoms with E-state index in [0.717, 1.165) is 10.5 Å². The van der Waals surface area contributed by atoms with Gasteiger partial charge in [0.15, 0.2) is 0 Å². The van der Waals surface area contributed by atoms with Gasteiger partial charge in [-0.2, -0.15) is 0 Å². The Bertz CT molecular complexity index is 6.00. The van der Waals surface area contributed by atoms with Gasteiger partial charge >= 0.3 is 42.4 Å². The zero-order valence-corrected chi connectivity index (χ0v) is 8.42. The van der Waals surface area contributed by atoms with Crippen molar-refractivity contribution < 1.29 is 34.8 Å². The second kappa shape index (κ2) is 8.98. The third kappa shape index (κ3) is 8.87. The molecule has 0 aliphatic rings. The minimum atomic E-state index is 0. The summed E-state index contributed by atoms with van der Waals surface area (Å²) < 4.78 is 0. The molecule has 0 unspecified atom stereocenters. The maximum absolute atomic E-state index is 2.53. The molecule has 0 aromatic rings. The molecule has 0 rings (SSSR count). The van der Waals surface area contributed by atoms with Gasteiger partial charge in [-0.3, -0.25) is 0 Å². The van der Waals surface area contributed by atoms with Gasteiger partial charge in [0.2, 0.25) is 0 Å². The quantitative estimate of drug-likeness (QED) is 0.502. The third-order valence-electron chi connectivity index (χ3n) is 0. The van der Waals surface area contributed by atoms with Crippen molar-refractivity contribution in [3.63, 3.8) is 0 Å². The first-order valence-corrected chi connectivity index (χ1v) is 10.1. The average Bonchev–Trinajstić information content (AvgIpc) is 0.918. The van der Waals surface area contributed by atoms with Gasteiger partial charge < -0.3 is 0 Å². The molecule has 1 radical (unpaired) electrons. The van der Waals surface area contributed by atoms with Crippen LogP contribution in [-0.2, 0) is 34.8 Å². The fourth-order valence-electron chi connectivity index (χ4n) is 0. The van der Waals surface area contributed by atoms with Crippen LogP contribution in [0.4, 0.5) is 0 Å². The molecule has 0 fully saturated rings. The van der Waals surface area contributed by atoms with E-state index in [1.807, 2.05) is 0 Å². The van der Waals surface area contributed by atoms with Crippen LogP contribution < -0.4 is 0 Å². The fourth-order valence-corrected chi connectivity index (χ4v) is 0. The van der Waals surface area contributed by atoms with Crippen molar-refractivity contribution in [3.8, 4) is 0 Å². The monoisotopic (exact) mass is 314 g/mol. The van der Waals surface area contributed by atoms with E-state index in [9.17, 15) is 0 Å². The predicted octanol–water partition coefficient (Wildman–Crippen LogP) is -1.03. The molecule has 0 saturated carbocycles. The van der Waals surface area contributed by atoms with Crippen molar-refractivity contribution in [2.45, 2.75) is 0 Å². The standard InChI is InChI=1S/Mn.Mo.H2Se2/c;;1-2/h;;1-2H/q;+1;/p-1. The van der Waals surface area contributed by atoms with Crippen LogP contribution in [0.25, 0.3) is 0 Å². The molecule has 0 aliphatic carbocycles. The maximum atomic E-state index is 2.53. The summed E-state index contributed by atoms with van der Waals surface area (Å²) in [6.45, 7) is 0. The molecule has 4 heteroatoms. The average molecular weight is 310 g/mol. The molecular formula is HMnMoSe2. The third-order valence-corrected chi connectivity index (χ3v) is 0. The summed E-state index contributed by atoms with van der Waals surface area (Å²) in [5.41, 5.74) is 0. The van der Waals surface area contributed by atoms with Gasteiger partial charge in [0.05, 0.1) is 0 Å². The van der Waals surface area contributed by atoms with Gasteiger partial charge in [-0.25, -0.2) is 0 Å². The van der Waals surface area contributed by atoms with Crippen molar-refractivity contribution in [1.29, 1.82) is 0 Å². The van der Waals surface area contributed by atoms with E-state index in [1.54, 1.807) is 0 Å². The van der Waals surface area contributed by atoms with Crippen LogP contribution in [0.5, 0.6) is 0 Å². The molecule has 0 atom stereocenters. The van der Waals surface area contributed by atoms with Gasteiger partial charge in [0.25, 0.3) is 0 Å². The summed E-state index contributed by atoms with van der Waals surface area (Å²) in [6.07, 6.45) is 0. The molecule has 0 aliphatic heterocycles. The second-order valence-electron chi connectivity index (χ2n) is 0.0745. The van der Waals surface area contributed by atoms with E-state index in [4.69, 9.17) is 0 Å². The Labute approximate surface area is 58.8 Å². The molecule has 0 heterocycles. The number of hydrogen-bond donors (Lipinski definition) is 0. The molecule has 0 spiro atoms. The Hall–Kier alpha value is 2.25. The van der Waals surface area contributed by atoms with Crippen LogP contribution in [0.3, 0.4) is 0 Å². The topological polar surface area (TPSA) is 0 Å². The summed E-state index contributed by atoms with van der Waals surface area (Å²) >= 11 is 4.64. The molecule has 0 N–H and O–H groups in total. The van der Waals surface area contributed by atoms with Crippen LogP contribution in [0.1, 0.15) is 0 Å². The normalized spacial score (nSPS) is 4.25. The summed E-state index contributed by atoms with van der Waals surface area (Å²) in [5.74, 6) is 0. The molecular weight excluding hydrogens is 309 g/mol. The van der Waals surface area contributed by atoms with Crippen LogP contribution in [0.15, 0.2) is 0 Å². The molecule has 0 amide bonds. The summed E-state index contributed by atoms with van der Waals surface area (Å²) in [6, 6.07) is 0. The molecule has 0 aromatic heterocycles. The first-order valence-electron chi connectivity index (χ1n) is 0.349. The summed E-state index contributed by atoms with van der Waals surface area (Å²) in [4.78, 5) is 0. The van der Waals surface area contributed by atoms with Crippen LogP contribution >= 0.6 is 0 Å². The Morgan fingerprint density at radius 1 is 1.75 bits per heavy atom. The van der Waals surface area contributed by atoms with E-state index in [0.29, 0.717) is 0 Å². The van der Waals surface area contributed by atoms with E-state index < -0.39 is 0 Å². The van der Waals surface area contributed by atoms with Crippen LogP contribution in [0, 0.1) is 0 Å². The molecule has 0 bridgehead atoms. The van der Waals surface area contributed by atoms with E-state index in [1.165, 1.54) is 0 Å². The Balaban J connectivity index is 0. The van der Waals surface area contributed by atoms with Gasteiger partial charge in [-0.1, -0.05) is 0 Å². The zero-order valence-electron chi connectivity index (χ0n) is 1.64. The van der Waals surface area contributed by atoms with Crippen molar-refractivity contribution in [3.05, 3.63) is 0 Å². The molecule has 0 aromatic carbocycles. The first-order chi connectivity index (χ1) is 1.41. The van der Waals surface area contributed by atoms with Crippen molar-refractivity contribution in [1.82, 2.24) is 0 Å². The van der Waals surface area contributed by atoms with Crippen molar-refractivity contribution in [2.75, 3.05) is 0 Å². The first kappa shape index (κ1) is 9.54. The minimum absolute atomic E-state index is 0. The summed E-state index contributed by atoms with van der Waals surface area (Å²) in [5, 5.41) is 0. The second-order valence-corrected chi connectivity index (χ2v) is 11.9. The Kier molecular flexibility index (Phi) is 21.4. The number of hydrogen-bond acceptors (Lipinski definition) is 0. The van der Waals surface area contributed by atoms with Gasteiger partial charge in [0, 0.05) is 17.1 Å². The van der Waals surface area contributed by atoms with E-state index >= 15 is 0 Å². The summed E-state index contributed by atoms with van der Waals surface area (Å²) in [7, 11) is 0.822. The van der Waals surface area contributed by atoms with Crippen LogP contribution in [-0.4, -0.2) is 24.7 Å². The van der Waals surface area contributed by atoms with E-state index in [2.05, 4.69) is 31.9 Å². The Morgan fingerprint density at radius 3 is 1.75 bits per heavy atom. The van der Waals surface area contributed by atoms with Gasteiger partial charge in [-0.15, -0.1) is 0 Å². The zero-order chi connectivity index (χ0) is 2.71. The van der Waals surface area contributed by atoms with Crippen molar-refractivity contribution >= 4 is 24.7 Å². The molecule has 4 heavy (non-hydrogen) atoms.